The van der Waals surface area contributed by atoms with E-state index in [0.29, 0.717) is 40.4 Å². The Morgan fingerprint density at radius 1 is 1.13 bits per heavy atom. The Bertz CT molecular complexity index is 1430. The summed E-state index contributed by atoms with van der Waals surface area (Å²) in [6.45, 7) is 1.45. The topological polar surface area (TPSA) is 137 Å². The van der Waals surface area contributed by atoms with Gasteiger partial charge in [-0.3, -0.25) is 20.1 Å². The molecule has 3 heterocycles. The molecule has 0 saturated heterocycles. The predicted molar refractivity (Wildman–Crippen MR) is 137 cm³/mol. The van der Waals surface area contributed by atoms with Crippen molar-refractivity contribution in [1.29, 1.82) is 0 Å². The van der Waals surface area contributed by atoms with Gasteiger partial charge in [0, 0.05) is 38.2 Å². The number of benzene rings is 1. The van der Waals surface area contributed by atoms with E-state index in [2.05, 4.69) is 9.97 Å². The second kappa shape index (κ2) is 12.4. The Balaban J connectivity index is 1.48. The van der Waals surface area contributed by atoms with E-state index in [4.69, 9.17) is 14.2 Å². The lowest BCUT2D eigenvalue weighted by molar-refractivity contribution is -0.385. The van der Waals surface area contributed by atoms with Crippen molar-refractivity contribution in [3.05, 3.63) is 76.4 Å². The van der Waals surface area contributed by atoms with Crippen LogP contribution in [0.4, 0.5) is 14.9 Å². The lowest BCUT2D eigenvalue weighted by Crippen LogP contribution is -2.32. The van der Waals surface area contributed by atoms with Gasteiger partial charge in [-0.1, -0.05) is 6.07 Å². The maximum Gasteiger partial charge on any atom is 0.407 e. The van der Waals surface area contributed by atoms with Crippen molar-refractivity contribution in [3.63, 3.8) is 0 Å². The SMILES string of the molecule is COCCOCCN(Cc1ccc(-c2cc3nccc(Oc4ccc([N+](=O)[O-])cc4F)c3s2)nc1)C(=O)O. The van der Waals surface area contributed by atoms with Gasteiger partial charge in [0.05, 0.1) is 58.1 Å². The monoisotopic (exact) mass is 542 g/mol. The Labute approximate surface area is 220 Å². The number of halogens is 1. The van der Waals surface area contributed by atoms with Crippen molar-refractivity contribution in [2.45, 2.75) is 6.54 Å². The largest absolute Gasteiger partial charge is 0.465 e. The quantitative estimate of drug-likeness (QED) is 0.143. The fourth-order valence-corrected chi connectivity index (χ4v) is 4.51. The van der Waals surface area contributed by atoms with E-state index >= 15 is 0 Å². The van der Waals surface area contributed by atoms with Gasteiger partial charge in [-0.15, -0.1) is 11.3 Å². The van der Waals surface area contributed by atoms with E-state index < -0.39 is 16.8 Å². The number of non-ortho nitro benzene ring substituents is 1. The number of nitro benzene ring substituents is 1. The normalized spacial score (nSPS) is 11.0. The Hall–Kier alpha value is -4.20. The maximum absolute atomic E-state index is 14.4. The third kappa shape index (κ3) is 6.56. The average molecular weight is 543 g/mol. The van der Waals surface area contributed by atoms with Crippen molar-refractivity contribution in [3.8, 4) is 22.1 Å². The second-order valence-corrected chi connectivity index (χ2v) is 9.02. The summed E-state index contributed by atoms with van der Waals surface area (Å²) in [6.07, 6.45) is 2.07. The first-order valence-corrected chi connectivity index (χ1v) is 12.2. The Kier molecular flexibility index (Phi) is 8.73. The van der Waals surface area contributed by atoms with Crippen LogP contribution < -0.4 is 4.74 Å². The molecule has 4 rings (SSSR count). The first kappa shape index (κ1) is 26.9. The number of fused-ring (bicyclic) bond motifs is 1. The van der Waals surface area contributed by atoms with Crippen LogP contribution in [0.15, 0.2) is 54.9 Å². The number of aromatic nitrogens is 2. The summed E-state index contributed by atoms with van der Waals surface area (Å²) in [5, 5.41) is 20.4. The highest BCUT2D eigenvalue weighted by Gasteiger charge is 2.17. The summed E-state index contributed by atoms with van der Waals surface area (Å²) >= 11 is 1.34. The molecule has 1 N–H and O–H groups in total. The van der Waals surface area contributed by atoms with Crippen molar-refractivity contribution in [1.82, 2.24) is 14.9 Å². The zero-order valence-electron chi connectivity index (χ0n) is 20.2. The Morgan fingerprint density at radius 3 is 2.66 bits per heavy atom. The van der Waals surface area contributed by atoms with Crippen LogP contribution in [-0.2, 0) is 16.0 Å². The van der Waals surface area contributed by atoms with Crippen LogP contribution in [0.25, 0.3) is 20.8 Å². The molecule has 13 heteroatoms. The van der Waals surface area contributed by atoms with Gasteiger partial charge in [0.15, 0.2) is 11.6 Å². The molecular formula is C25H23FN4O7S. The molecule has 0 fully saturated rings. The molecule has 4 aromatic rings. The number of carboxylic acid groups (broad SMARTS) is 1. The number of thiophene rings is 1. The molecule has 0 spiro atoms. The summed E-state index contributed by atoms with van der Waals surface area (Å²) < 4.78 is 31.0. The molecule has 11 nitrogen and oxygen atoms in total. The third-order valence-corrected chi connectivity index (χ3v) is 6.54. The summed E-state index contributed by atoms with van der Waals surface area (Å²) in [6, 6.07) is 10.2. The fourth-order valence-electron chi connectivity index (χ4n) is 3.47. The highest BCUT2D eigenvalue weighted by atomic mass is 32.1. The maximum atomic E-state index is 14.4. The number of carbonyl (C=O) groups is 1. The van der Waals surface area contributed by atoms with Crippen LogP contribution in [0, 0.1) is 15.9 Å². The number of ether oxygens (including phenoxy) is 3. The van der Waals surface area contributed by atoms with Gasteiger partial charge >= 0.3 is 6.09 Å². The molecule has 198 valence electrons. The number of hydrogen-bond acceptors (Lipinski definition) is 9. The van der Waals surface area contributed by atoms with Crippen LogP contribution in [0.3, 0.4) is 0 Å². The van der Waals surface area contributed by atoms with Gasteiger partial charge in [0.2, 0.25) is 0 Å². The molecule has 0 atom stereocenters. The highest BCUT2D eigenvalue weighted by Crippen LogP contribution is 2.39. The van der Waals surface area contributed by atoms with Gasteiger partial charge < -0.3 is 24.2 Å². The van der Waals surface area contributed by atoms with E-state index in [9.17, 15) is 24.4 Å². The predicted octanol–water partition coefficient (Wildman–Crippen LogP) is 5.34. The minimum atomic E-state index is -1.06. The molecule has 0 aliphatic heterocycles. The van der Waals surface area contributed by atoms with Crippen LogP contribution >= 0.6 is 11.3 Å². The van der Waals surface area contributed by atoms with Crippen LogP contribution in [0.2, 0.25) is 0 Å². The standard InChI is InChI=1S/C25H23FN4O7S/c1-35-10-11-36-9-8-29(25(31)32)15-16-2-4-19(28-14-16)23-13-20-24(38-23)22(6-7-27-20)37-21-5-3-17(30(33)34)12-18(21)26/h2-7,12-14H,8-11,15H2,1H3,(H,31,32). The third-order valence-electron chi connectivity index (χ3n) is 5.38. The Morgan fingerprint density at radius 2 is 1.97 bits per heavy atom. The molecule has 1 amide bonds. The molecule has 38 heavy (non-hydrogen) atoms. The zero-order valence-corrected chi connectivity index (χ0v) is 21.0. The van der Waals surface area contributed by atoms with E-state index in [-0.39, 0.29) is 31.1 Å². The number of rotatable bonds is 12. The number of hydrogen-bond donors (Lipinski definition) is 1. The van der Waals surface area contributed by atoms with E-state index in [0.717, 1.165) is 10.9 Å². The molecule has 0 aliphatic rings. The smallest absolute Gasteiger partial charge is 0.407 e. The molecule has 0 unspecified atom stereocenters. The minimum absolute atomic E-state index is 0.146. The average Bonchev–Trinajstić information content (AvgIpc) is 3.34. The number of nitrogens with zero attached hydrogens (tertiary/aromatic N) is 4. The molecule has 0 aliphatic carbocycles. The summed E-state index contributed by atoms with van der Waals surface area (Å²) in [5.41, 5.74) is 1.60. The van der Waals surface area contributed by atoms with E-state index in [1.807, 2.05) is 6.07 Å². The van der Waals surface area contributed by atoms with Crippen molar-refractivity contribution in [2.24, 2.45) is 0 Å². The van der Waals surface area contributed by atoms with Crippen molar-refractivity contribution < 1.29 is 33.4 Å². The van der Waals surface area contributed by atoms with Crippen LogP contribution in [-0.4, -0.2) is 64.5 Å². The molecule has 0 bridgehead atoms. The summed E-state index contributed by atoms with van der Waals surface area (Å²) in [7, 11) is 1.56. The van der Waals surface area contributed by atoms with Crippen LogP contribution in [0.1, 0.15) is 5.56 Å². The van der Waals surface area contributed by atoms with E-state index in [1.54, 1.807) is 31.5 Å². The number of amides is 1. The van der Waals surface area contributed by atoms with Crippen LogP contribution in [0.5, 0.6) is 11.5 Å². The second-order valence-electron chi connectivity index (χ2n) is 7.97. The first-order chi connectivity index (χ1) is 18.4. The minimum Gasteiger partial charge on any atom is -0.465 e. The van der Waals surface area contributed by atoms with Gasteiger partial charge in [0.1, 0.15) is 5.75 Å². The zero-order chi connectivity index (χ0) is 27.1. The first-order valence-electron chi connectivity index (χ1n) is 11.4. The van der Waals surface area contributed by atoms with Gasteiger partial charge in [-0.2, -0.15) is 0 Å². The highest BCUT2D eigenvalue weighted by molar-refractivity contribution is 7.22. The van der Waals surface area contributed by atoms with Gasteiger partial charge in [-0.05, 0) is 23.8 Å². The molecular weight excluding hydrogens is 519 g/mol. The molecule has 0 saturated carbocycles. The molecule has 3 aromatic heterocycles. The summed E-state index contributed by atoms with van der Waals surface area (Å²) in [5.74, 6) is -0.650. The number of pyridine rings is 2. The van der Waals surface area contributed by atoms with E-state index in [1.165, 1.54) is 34.6 Å². The lowest BCUT2D eigenvalue weighted by atomic mass is 10.2. The van der Waals surface area contributed by atoms with Crippen molar-refractivity contribution in [2.75, 3.05) is 33.5 Å². The number of nitro groups is 1. The number of methoxy groups -OCH3 is 1. The fraction of sp³-hybridized carbons (Fsp3) is 0.240. The van der Waals surface area contributed by atoms with Gasteiger partial charge in [-0.25, -0.2) is 9.18 Å². The molecule has 0 radical (unpaired) electrons. The lowest BCUT2D eigenvalue weighted by Gasteiger charge is -2.19. The van der Waals surface area contributed by atoms with Crippen molar-refractivity contribution >= 4 is 33.3 Å². The molecule has 1 aromatic carbocycles. The summed E-state index contributed by atoms with van der Waals surface area (Å²) in [4.78, 5) is 32.6. The van der Waals surface area contributed by atoms with Gasteiger partial charge in [0.25, 0.3) is 5.69 Å².